The topological polar surface area (TPSA) is 32.3 Å². The zero-order valence-electron chi connectivity index (χ0n) is 10.9. The molecule has 0 spiro atoms. The van der Waals surface area contributed by atoms with E-state index in [2.05, 4.69) is 17.3 Å². The molecule has 0 aromatic heterocycles. The Morgan fingerprint density at radius 3 is 2.56 bits per heavy atom. The van der Waals surface area contributed by atoms with Crippen molar-refractivity contribution >= 4 is 5.91 Å². The van der Waals surface area contributed by atoms with Crippen molar-refractivity contribution in [3.05, 3.63) is 35.6 Å². The minimum Gasteiger partial charge on any atom is -0.347 e. The van der Waals surface area contributed by atoms with E-state index in [1.54, 1.807) is 12.1 Å². The van der Waals surface area contributed by atoms with Crippen molar-refractivity contribution in [2.75, 3.05) is 20.1 Å². The molecule has 1 heterocycles. The third-order valence-electron chi connectivity index (χ3n) is 3.62. The molecule has 1 N–H and O–H groups in total. The molecule has 18 heavy (non-hydrogen) atoms. The van der Waals surface area contributed by atoms with Crippen LogP contribution >= 0.6 is 0 Å². The monoisotopic (exact) mass is 250 g/mol. The van der Waals surface area contributed by atoms with Crippen molar-refractivity contribution in [1.82, 2.24) is 10.2 Å². The fourth-order valence-corrected chi connectivity index (χ4v) is 2.22. The number of nitrogens with zero attached hydrogens (tertiary/aromatic N) is 1. The lowest BCUT2D eigenvalue weighted by Crippen LogP contribution is -2.52. The van der Waals surface area contributed by atoms with Gasteiger partial charge in [-0.15, -0.1) is 0 Å². The summed E-state index contributed by atoms with van der Waals surface area (Å²) in [7, 11) is 2.07. The Morgan fingerprint density at radius 1 is 1.33 bits per heavy atom. The first-order chi connectivity index (χ1) is 8.50. The summed E-state index contributed by atoms with van der Waals surface area (Å²) < 4.78 is 13.5. The molecule has 2 rings (SSSR count). The van der Waals surface area contributed by atoms with Crippen molar-refractivity contribution in [2.45, 2.75) is 25.3 Å². The molecule has 0 atom stereocenters. The molecule has 1 aromatic rings. The molecular weight excluding hydrogens is 231 g/mol. The van der Waals surface area contributed by atoms with Crippen molar-refractivity contribution in [3.63, 3.8) is 0 Å². The third kappa shape index (κ3) is 2.88. The van der Waals surface area contributed by atoms with Gasteiger partial charge in [0.1, 0.15) is 5.82 Å². The van der Waals surface area contributed by atoms with E-state index in [4.69, 9.17) is 0 Å². The molecule has 4 heteroatoms. The highest BCUT2D eigenvalue weighted by Crippen LogP contribution is 2.21. The average molecular weight is 250 g/mol. The van der Waals surface area contributed by atoms with Gasteiger partial charge in [0.05, 0.1) is 5.56 Å². The molecule has 1 aromatic carbocycles. The van der Waals surface area contributed by atoms with Gasteiger partial charge in [0.25, 0.3) is 5.91 Å². The molecule has 1 amide bonds. The SMILES string of the molecule is CN1CCC(C)(NC(=O)c2ccccc2F)CC1. The number of carbonyl (C=O) groups is 1. The van der Waals surface area contributed by atoms with Gasteiger partial charge in [-0.1, -0.05) is 12.1 Å². The van der Waals surface area contributed by atoms with Gasteiger partial charge in [0.2, 0.25) is 0 Å². The Kier molecular flexibility index (Phi) is 3.66. The van der Waals surface area contributed by atoms with Crippen molar-refractivity contribution in [3.8, 4) is 0 Å². The van der Waals surface area contributed by atoms with E-state index in [0.717, 1.165) is 25.9 Å². The number of nitrogens with one attached hydrogen (secondary N) is 1. The number of hydrogen-bond donors (Lipinski definition) is 1. The molecule has 0 aliphatic carbocycles. The first-order valence-corrected chi connectivity index (χ1v) is 6.26. The van der Waals surface area contributed by atoms with Crippen LogP contribution in [-0.2, 0) is 0 Å². The Bertz CT molecular complexity index is 439. The van der Waals surface area contributed by atoms with E-state index in [1.165, 1.54) is 12.1 Å². The fraction of sp³-hybridized carbons (Fsp3) is 0.500. The summed E-state index contributed by atoms with van der Waals surface area (Å²) in [6.07, 6.45) is 1.79. The molecule has 1 fully saturated rings. The molecule has 0 bridgehead atoms. The molecule has 0 radical (unpaired) electrons. The maximum absolute atomic E-state index is 13.5. The lowest BCUT2D eigenvalue weighted by atomic mass is 9.89. The van der Waals surface area contributed by atoms with Crippen LogP contribution in [0.15, 0.2) is 24.3 Å². The Morgan fingerprint density at radius 2 is 1.94 bits per heavy atom. The third-order valence-corrected chi connectivity index (χ3v) is 3.62. The highest BCUT2D eigenvalue weighted by Gasteiger charge is 2.31. The molecule has 1 aliphatic rings. The normalized spacial score (nSPS) is 19.5. The Labute approximate surface area is 107 Å². The van der Waals surface area contributed by atoms with Crippen LogP contribution < -0.4 is 5.32 Å². The number of likely N-dealkylation sites (tertiary alicyclic amines) is 1. The van der Waals surface area contributed by atoms with Crippen LogP contribution in [0.25, 0.3) is 0 Å². The lowest BCUT2D eigenvalue weighted by Gasteiger charge is -2.38. The van der Waals surface area contributed by atoms with Gasteiger partial charge in [-0.25, -0.2) is 4.39 Å². The van der Waals surface area contributed by atoms with Gasteiger partial charge in [0.15, 0.2) is 0 Å². The first-order valence-electron chi connectivity index (χ1n) is 6.26. The predicted octanol–water partition coefficient (Wildman–Crippen LogP) is 2.04. The van der Waals surface area contributed by atoms with E-state index in [9.17, 15) is 9.18 Å². The van der Waals surface area contributed by atoms with E-state index >= 15 is 0 Å². The van der Waals surface area contributed by atoms with Crippen LogP contribution in [0.5, 0.6) is 0 Å². The lowest BCUT2D eigenvalue weighted by molar-refractivity contribution is 0.0848. The number of amides is 1. The number of halogens is 1. The molecule has 0 unspecified atom stereocenters. The zero-order valence-corrected chi connectivity index (χ0v) is 10.9. The molecule has 1 aliphatic heterocycles. The number of rotatable bonds is 2. The van der Waals surface area contributed by atoms with Gasteiger partial charge in [-0.05, 0) is 38.9 Å². The average Bonchev–Trinajstić information content (AvgIpc) is 2.34. The van der Waals surface area contributed by atoms with Gasteiger partial charge in [0, 0.05) is 18.6 Å². The summed E-state index contributed by atoms with van der Waals surface area (Å²) in [5.74, 6) is -0.785. The van der Waals surface area contributed by atoms with Gasteiger partial charge in [-0.3, -0.25) is 4.79 Å². The quantitative estimate of drug-likeness (QED) is 0.871. The summed E-state index contributed by atoms with van der Waals surface area (Å²) in [4.78, 5) is 14.3. The summed E-state index contributed by atoms with van der Waals surface area (Å²) in [6.45, 7) is 3.93. The number of piperidine rings is 1. The summed E-state index contributed by atoms with van der Waals surface area (Å²) >= 11 is 0. The van der Waals surface area contributed by atoms with Crippen LogP contribution in [0, 0.1) is 5.82 Å². The molecule has 0 saturated carbocycles. The standard InChI is InChI=1S/C14H19FN2O/c1-14(7-9-17(2)10-8-14)16-13(18)11-5-3-4-6-12(11)15/h3-6H,7-10H2,1-2H3,(H,16,18). The molecule has 98 valence electrons. The van der Waals surface area contributed by atoms with Crippen LogP contribution in [0.2, 0.25) is 0 Å². The molecule has 1 saturated heterocycles. The second-order valence-corrected chi connectivity index (χ2v) is 5.30. The highest BCUT2D eigenvalue weighted by molar-refractivity contribution is 5.94. The van der Waals surface area contributed by atoms with E-state index in [1.807, 2.05) is 6.92 Å². The Balaban J connectivity index is 2.06. The van der Waals surface area contributed by atoms with Gasteiger partial charge < -0.3 is 10.2 Å². The molecular formula is C14H19FN2O. The smallest absolute Gasteiger partial charge is 0.254 e. The minimum absolute atomic E-state index is 0.123. The largest absolute Gasteiger partial charge is 0.347 e. The number of carbonyl (C=O) groups excluding carboxylic acids is 1. The Hall–Kier alpha value is -1.42. The van der Waals surface area contributed by atoms with Gasteiger partial charge >= 0.3 is 0 Å². The summed E-state index contributed by atoms with van der Waals surface area (Å²) in [5.41, 5.74) is -0.107. The van der Waals surface area contributed by atoms with Crippen molar-refractivity contribution < 1.29 is 9.18 Å². The second-order valence-electron chi connectivity index (χ2n) is 5.30. The zero-order chi connectivity index (χ0) is 13.2. The van der Waals surface area contributed by atoms with Crippen LogP contribution in [0.1, 0.15) is 30.1 Å². The maximum atomic E-state index is 13.5. The van der Waals surface area contributed by atoms with E-state index in [-0.39, 0.29) is 17.0 Å². The van der Waals surface area contributed by atoms with Crippen molar-refractivity contribution in [1.29, 1.82) is 0 Å². The minimum atomic E-state index is -0.466. The highest BCUT2D eigenvalue weighted by atomic mass is 19.1. The van der Waals surface area contributed by atoms with Crippen LogP contribution in [-0.4, -0.2) is 36.5 Å². The number of hydrogen-bond acceptors (Lipinski definition) is 2. The van der Waals surface area contributed by atoms with E-state index < -0.39 is 5.82 Å². The second kappa shape index (κ2) is 5.06. The van der Waals surface area contributed by atoms with Crippen LogP contribution in [0.3, 0.4) is 0 Å². The summed E-state index contributed by atoms with van der Waals surface area (Å²) in [6, 6.07) is 6.09. The first kappa shape index (κ1) is 13.0. The molecule has 3 nitrogen and oxygen atoms in total. The summed E-state index contributed by atoms with van der Waals surface area (Å²) in [5, 5.41) is 2.97. The fourth-order valence-electron chi connectivity index (χ4n) is 2.22. The predicted molar refractivity (Wildman–Crippen MR) is 69.0 cm³/mol. The van der Waals surface area contributed by atoms with E-state index in [0.29, 0.717) is 0 Å². The van der Waals surface area contributed by atoms with Crippen LogP contribution in [0.4, 0.5) is 4.39 Å². The van der Waals surface area contributed by atoms with Crippen molar-refractivity contribution in [2.24, 2.45) is 0 Å². The number of benzene rings is 1. The maximum Gasteiger partial charge on any atom is 0.254 e. The van der Waals surface area contributed by atoms with Gasteiger partial charge in [-0.2, -0.15) is 0 Å².